The van der Waals surface area contributed by atoms with Crippen molar-refractivity contribution in [2.24, 2.45) is 0 Å². The molecule has 0 bridgehead atoms. The van der Waals surface area contributed by atoms with E-state index in [-0.39, 0.29) is 0 Å². The molecule has 0 N–H and O–H groups in total. The van der Waals surface area contributed by atoms with Gasteiger partial charge in [0.1, 0.15) is 12.5 Å². The Morgan fingerprint density at radius 2 is 2.11 bits per heavy atom. The van der Waals surface area contributed by atoms with E-state index in [1.54, 1.807) is 7.11 Å². The van der Waals surface area contributed by atoms with E-state index in [2.05, 4.69) is 18.2 Å². The smallest absolute Gasteiger partial charge is 0.147 e. The second-order valence-electron chi connectivity index (χ2n) is 4.23. The number of hydrogen-bond acceptors (Lipinski definition) is 3. The first-order valence-corrected chi connectivity index (χ1v) is 6.37. The van der Waals surface area contributed by atoms with Crippen LogP contribution in [0.5, 0.6) is 5.75 Å². The summed E-state index contributed by atoms with van der Waals surface area (Å²) in [5, 5.41) is 0. The van der Waals surface area contributed by atoms with Gasteiger partial charge in [0.05, 0.1) is 13.7 Å². The van der Waals surface area contributed by atoms with Crippen molar-refractivity contribution in [3.05, 3.63) is 35.4 Å². The van der Waals surface area contributed by atoms with Gasteiger partial charge in [-0.15, -0.1) is 0 Å². The van der Waals surface area contributed by atoms with Crippen LogP contribution in [0.1, 0.15) is 24.5 Å². The molecule has 3 heteroatoms. The Labute approximate surface area is 108 Å². The molecule has 0 fully saturated rings. The molecule has 98 valence electrons. The van der Waals surface area contributed by atoms with Crippen LogP contribution in [0.15, 0.2) is 24.3 Å². The highest BCUT2D eigenvalue weighted by Crippen LogP contribution is 2.34. The molecule has 0 radical (unpaired) electrons. The number of fused-ring (bicyclic) bond motifs is 1. The van der Waals surface area contributed by atoms with Crippen molar-refractivity contribution in [2.75, 3.05) is 27.1 Å². The zero-order chi connectivity index (χ0) is 12.8. The Morgan fingerprint density at radius 3 is 2.89 bits per heavy atom. The predicted molar refractivity (Wildman–Crippen MR) is 71.7 cm³/mol. The molecular formula is C15H20O3. The lowest BCUT2D eigenvalue weighted by atomic mass is 10.1. The van der Waals surface area contributed by atoms with E-state index in [0.29, 0.717) is 20.0 Å². The van der Waals surface area contributed by atoms with Crippen LogP contribution in [0.4, 0.5) is 0 Å². The van der Waals surface area contributed by atoms with Gasteiger partial charge in [-0.05, 0) is 48.6 Å². The van der Waals surface area contributed by atoms with E-state index >= 15 is 0 Å². The third-order valence-electron chi connectivity index (χ3n) is 3.14. The van der Waals surface area contributed by atoms with Gasteiger partial charge in [0, 0.05) is 6.61 Å². The Kier molecular flexibility index (Phi) is 4.79. The molecule has 0 atom stereocenters. The van der Waals surface area contributed by atoms with E-state index in [1.807, 2.05) is 13.0 Å². The summed E-state index contributed by atoms with van der Waals surface area (Å²) < 4.78 is 15.7. The van der Waals surface area contributed by atoms with Gasteiger partial charge in [-0.25, -0.2) is 0 Å². The van der Waals surface area contributed by atoms with Gasteiger partial charge in [-0.3, -0.25) is 0 Å². The lowest BCUT2D eigenvalue weighted by Crippen LogP contribution is -1.99. The lowest BCUT2D eigenvalue weighted by Gasteiger charge is -2.05. The highest BCUT2D eigenvalue weighted by molar-refractivity contribution is 5.73. The largest absolute Gasteiger partial charge is 0.497 e. The normalized spacial score (nSPS) is 16.0. The highest BCUT2D eigenvalue weighted by atomic mass is 16.7. The molecule has 0 amide bonds. The third-order valence-corrected chi connectivity index (χ3v) is 3.14. The minimum Gasteiger partial charge on any atom is -0.497 e. The fourth-order valence-electron chi connectivity index (χ4n) is 2.18. The SMILES string of the molecule is CCOCOCC=C1CCc2cc(OC)ccc21. The van der Waals surface area contributed by atoms with E-state index in [4.69, 9.17) is 14.2 Å². The zero-order valence-electron chi connectivity index (χ0n) is 11.1. The summed E-state index contributed by atoms with van der Waals surface area (Å²) in [7, 11) is 1.70. The number of aryl methyl sites for hydroxylation is 1. The van der Waals surface area contributed by atoms with Crippen LogP contribution in [-0.2, 0) is 15.9 Å². The Morgan fingerprint density at radius 1 is 1.22 bits per heavy atom. The lowest BCUT2D eigenvalue weighted by molar-refractivity contribution is -0.0388. The van der Waals surface area contributed by atoms with Crippen LogP contribution in [0.25, 0.3) is 5.57 Å². The molecule has 0 aliphatic heterocycles. The summed E-state index contributed by atoms with van der Waals surface area (Å²) in [6.07, 6.45) is 4.32. The van der Waals surface area contributed by atoms with E-state index in [1.165, 1.54) is 16.7 Å². The maximum absolute atomic E-state index is 5.37. The summed E-state index contributed by atoms with van der Waals surface area (Å²) in [4.78, 5) is 0. The first kappa shape index (κ1) is 13.1. The topological polar surface area (TPSA) is 27.7 Å². The second kappa shape index (κ2) is 6.57. The average Bonchev–Trinajstić information content (AvgIpc) is 2.81. The summed E-state index contributed by atoms with van der Waals surface area (Å²) in [5.41, 5.74) is 4.06. The quantitative estimate of drug-likeness (QED) is 0.572. The Hall–Kier alpha value is -1.32. The van der Waals surface area contributed by atoms with Gasteiger partial charge < -0.3 is 14.2 Å². The van der Waals surface area contributed by atoms with Crippen molar-refractivity contribution in [1.29, 1.82) is 0 Å². The van der Waals surface area contributed by atoms with Gasteiger partial charge in [0.2, 0.25) is 0 Å². The monoisotopic (exact) mass is 248 g/mol. The molecule has 0 saturated heterocycles. The van der Waals surface area contributed by atoms with E-state index < -0.39 is 0 Å². The molecule has 0 heterocycles. The van der Waals surface area contributed by atoms with Crippen LogP contribution < -0.4 is 4.74 Å². The molecule has 0 aromatic heterocycles. The molecule has 1 aliphatic carbocycles. The fourth-order valence-corrected chi connectivity index (χ4v) is 2.18. The third kappa shape index (κ3) is 3.12. The van der Waals surface area contributed by atoms with Crippen LogP contribution in [0.2, 0.25) is 0 Å². The average molecular weight is 248 g/mol. The Bertz CT molecular complexity index is 424. The molecule has 1 aromatic carbocycles. The summed E-state index contributed by atoms with van der Waals surface area (Å²) in [5.74, 6) is 0.933. The van der Waals surface area contributed by atoms with Gasteiger partial charge in [-0.2, -0.15) is 0 Å². The van der Waals surface area contributed by atoms with Gasteiger partial charge in [0.15, 0.2) is 0 Å². The minimum atomic E-state index is 0.371. The highest BCUT2D eigenvalue weighted by Gasteiger charge is 2.16. The summed E-state index contributed by atoms with van der Waals surface area (Å²) in [6, 6.07) is 6.27. The molecule has 3 nitrogen and oxygen atoms in total. The van der Waals surface area contributed by atoms with Crippen molar-refractivity contribution in [1.82, 2.24) is 0 Å². The second-order valence-corrected chi connectivity index (χ2v) is 4.23. The molecular weight excluding hydrogens is 228 g/mol. The number of benzene rings is 1. The number of rotatable bonds is 6. The fraction of sp³-hybridized carbons (Fsp3) is 0.467. The first-order valence-electron chi connectivity index (χ1n) is 6.37. The molecule has 18 heavy (non-hydrogen) atoms. The number of methoxy groups -OCH3 is 1. The van der Waals surface area contributed by atoms with Crippen LogP contribution in [-0.4, -0.2) is 27.1 Å². The molecule has 2 rings (SSSR count). The van der Waals surface area contributed by atoms with Crippen molar-refractivity contribution in [3.8, 4) is 5.75 Å². The Balaban J connectivity index is 1.96. The number of allylic oxidation sites excluding steroid dienone is 1. The van der Waals surface area contributed by atoms with Gasteiger partial charge in [0.25, 0.3) is 0 Å². The summed E-state index contributed by atoms with van der Waals surface area (Å²) >= 11 is 0. The van der Waals surface area contributed by atoms with Gasteiger partial charge in [-0.1, -0.05) is 12.1 Å². The maximum Gasteiger partial charge on any atom is 0.147 e. The van der Waals surface area contributed by atoms with Gasteiger partial charge >= 0.3 is 0 Å². The number of hydrogen-bond donors (Lipinski definition) is 0. The van der Waals surface area contributed by atoms with E-state index in [9.17, 15) is 0 Å². The van der Waals surface area contributed by atoms with Crippen LogP contribution in [0.3, 0.4) is 0 Å². The molecule has 0 saturated carbocycles. The standard InChI is InChI=1S/C15H20O3/c1-3-17-11-18-9-8-12-4-5-13-10-14(16-2)6-7-15(12)13/h6-8,10H,3-5,9,11H2,1-2H3. The van der Waals surface area contributed by atoms with Crippen LogP contribution >= 0.6 is 0 Å². The maximum atomic E-state index is 5.37. The first-order chi connectivity index (χ1) is 8.85. The van der Waals surface area contributed by atoms with Crippen LogP contribution in [0, 0.1) is 0 Å². The van der Waals surface area contributed by atoms with Crippen molar-refractivity contribution in [2.45, 2.75) is 19.8 Å². The molecule has 1 aromatic rings. The molecule has 1 aliphatic rings. The summed E-state index contributed by atoms with van der Waals surface area (Å²) in [6.45, 7) is 3.64. The predicted octanol–water partition coefficient (Wildman–Crippen LogP) is 3.04. The van der Waals surface area contributed by atoms with Crippen molar-refractivity contribution >= 4 is 5.57 Å². The van der Waals surface area contributed by atoms with Crippen molar-refractivity contribution < 1.29 is 14.2 Å². The minimum absolute atomic E-state index is 0.371. The zero-order valence-corrected chi connectivity index (χ0v) is 11.1. The molecule has 0 spiro atoms. The van der Waals surface area contributed by atoms with E-state index in [0.717, 1.165) is 18.6 Å². The van der Waals surface area contributed by atoms with Crippen molar-refractivity contribution in [3.63, 3.8) is 0 Å². The number of ether oxygens (including phenoxy) is 3. The molecule has 0 unspecified atom stereocenters.